The number of sulfone groups is 1. The predicted octanol–water partition coefficient (Wildman–Crippen LogP) is 3.56. The minimum atomic E-state index is -3.51. The molecule has 5 heteroatoms. The molecule has 2 aromatic rings. The van der Waals surface area contributed by atoms with E-state index in [9.17, 15) is 12.8 Å². The molecule has 2 aromatic carbocycles. The van der Waals surface area contributed by atoms with Crippen LogP contribution in [0.1, 0.15) is 5.56 Å². The molecule has 0 unspecified atom stereocenters. The summed E-state index contributed by atoms with van der Waals surface area (Å²) in [5.74, 6) is -0.694. The van der Waals surface area contributed by atoms with Crippen molar-refractivity contribution in [1.29, 1.82) is 0 Å². The first kappa shape index (κ1) is 13.2. The van der Waals surface area contributed by atoms with E-state index in [1.54, 1.807) is 18.2 Å². The van der Waals surface area contributed by atoms with Gasteiger partial charge in [0.15, 0.2) is 9.84 Å². The molecule has 0 saturated carbocycles. The van der Waals surface area contributed by atoms with Crippen molar-refractivity contribution in [3.05, 3.63) is 64.4 Å². The maximum atomic E-state index is 13.0. The van der Waals surface area contributed by atoms with Crippen LogP contribution in [-0.2, 0) is 15.6 Å². The molecule has 0 aliphatic carbocycles. The normalized spacial score (nSPS) is 11.4. The van der Waals surface area contributed by atoms with Crippen LogP contribution in [0.25, 0.3) is 0 Å². The molecule has 0 atom stereocenters. The van der Waals surface area contributed by atoms with Gasteiger partial charge in [0.2, 0.25) is 0 Å². The molecular formula is C13H10BrFO2S. The molecule has 0 fully saturated rings. The topological polar surface area (TPSA) is 34.1 Å². The van der Waals surface area contributed by atoms with E-state index < -0.39 is 15.7 Å². The fourth-order valence-corrected chi connectivity index (χ4v) is 3.40. The van der Waals surface area contributed by atoms with Crippen LogP contribution in [0.15, 0.2) is 57.9 Å². The molecule has 0 saturated heterocycles. The Labute approximate surface area is 114 Å². The van der Waals surface area contributed by atoms with E-state index in [1.165, 1.54) is 18.2 Å². The molecule has 0 radical (unpaired) electrons. The van der Waals surface area contributed by atoms with Crippen molar-refractivity contribution in [3.63, 3.8) is 0 Å². The number of halogens is 2. The molecule has 0 amide bonds. The fourth-order valence-electron chi connectivity index (χ4n) is 1.59. The Bertz CT molecular complexity index is 668. The van der Waals surface area contributed by atoms with E-state index in [-0.39, 0.29) is 10.6 Å². The van der Waals surface area contributed by atoms with Gasteiger partial charge in [-0.15, -0.1) is 0 Å². The number of hydrogen-bond acceptors (Lipinski definition) is 2. The summed E-state index contributed by atoms with van der Waals surface area (Å²) >= 11 is 3.28. The lowest BCUT2D eigenvalue weighted by molar-refractivity contribution is 0.590. The molecule has 2 rings (SSSR count). The quantitative estimate of drug-likeness (QED) is 0.863. The van der Waals surface area contributed by atoms with Crippen molar-refractivity contribution in [2.45, 2.75) is 10.6 Å². The first-order chi connectivity index (χ1) is 8.47. The molecule has 0 aromatic heterocycles. The van der Waals surface area contributed by atoms with E-state index in [0.29, 0.717) is 5.56 Å². The lowest BCUT2D eigenvalue weighted by Gasteiger charge is -2.05. The summed E-state index contributed by atoms with van der Waals surface area (Å²) in [6, 6.07) is 12.1. The van der Waals surface area contributed by atoms with Gasteiger partial charge in [0.25, 0.3) is 0 Å². The van der Waals surface area contributed by atoms with Crippen molar-refractivity contribution in [1.82, 2.24) is 0 Å². The second-order valence-electron chi connectivity index (χ2n) is 3.85. The van der Waals surface area contributed by atoms with Crippen molar-refractivity contribution < 1.29 is 12.8 Å². The van der Waals surface area contributed by atoms with Gasteiger partial charge < -0.3 is 0 Å². The molecule has 0 N–H and O–H groups in total. The van der Waals surface area contributed by atoms with Gasteiger partial charge in [-0.25, -0.2) is 12.8 Å². The van der Waals surface area contributed by atoms with Crippen LogP contribution in [0.2, 0.25) is 0 Å². The van der Waals surface area contributed by atoms with Crippen LogP contribution in [0.3, 0.4) is 0 Å². The molecule has 2 nitrogen and oxygen atoms in total. The van der Waals surface area contributed by atoms with Gasteiger partial charge in [-0.2, -0.15) is 0 Å². The SMILES string of the molecule is O=S(=O)(Cc1cccc(Br)c1)c1cccc(F)c1. The van der Waals surface area contributed by atoms with Gasteiger partial charge in [0.1, 0.15) is 5.82 Å². The molecule has 0 bridgehead atoms. The zero-order chi connectivity index (χ0) is 13.2. The van der Waals surface area contributed by atoms with E-state index in [2.05, 4.69) is 15.9 Å². The Morgan fingerprint density at radius 3 is 2.44 bits per heavy atom. The highest BCUT2D eigenvalue weighted by Crippen LogP contribution is 2.19. The van der Waals surface area contributed by atoms with Gasteiger partial charge in [-0.05, 0) is 35.9 Å². The van der Waals surface area contributed by atoms with Gasteiger partial charge in [-0.3, -0.25) is 0 Å². The van der Waals surface area contributed by atoms with Crippen LogP contribution in [-0.4, -0.2) is 8.42 Å². The van der Waals surface area contributed by atoms with Crippen LogP contribution < -0.4 is 0 Å². The third kappa shape index (κ3) is 3.17. The monoisotopic (exact) mass is 328 g/mol. The summed E-state index contributed by atoms with van der Waals surface area (Å²) in [6.45, 7) is 0. The number of benzene rings is 2. The largest absolute Gasteiger partial charge is 0.223 e. The third-order valence-electron chi connectivity index (χ3n) is 2.40. The van der Waals surface area contributed by atoms with E-state index in [4.69, 9.17) is 0 Å². The average Bonchev–Trinajstić information content (AvgIpc) is 2.28. The molecule has 0 heterocycles. The predicted molar refractivity (Wildman–Crippen MR) is 71.4 cm³/mol. The van der Waals surface area contributed by atoms with E-state index >= 15 is 0 Å². The van der Waals surface area contributed by atoms with E-state index in [1.807, 2.05) is 6.07 Å². The summed E-state index contributed by atoms with van der Waals surface area (Å²) in [5.41, 5.74) is 0.661. The van der Waals surface area contributed by atoms with Crippen LogP contribution in [0.4, 0.5) is 4.39 Å². The smallest absolute Gasteiger partial charge is 0.182 e. The van der Waals surface area contributed by atoms with Crippen LogP contribution >= 0.6 is 15.9 Å². The summed E-state index contributed by atoms with van der Waals surface area (Å²) in [4.78, 5) is 0.00229. The van der Waals surface area contributed by atoms with E-state index in [0.717, 1.165) is 10.5 Å². The summed E-state index contributed by atoms with van der Waals surface area (Å²) < 4.78 is 38.0. The lowest BCUT2D eigenvalue weighted by Crippen LogP contribution is -2.05. The highest BCUT2D eigenvalue weighted by atomic mass is 79.9. The van der Waals surface area contributed by atoms with Gasteiger partial charge in [-0.1, -0.05) is 34.1 Å². The minimum Gasteiger partial charge on any atom is -0.223 e. The van der Waals surface area contributed by atoms with Crippen molar-refractivity contribution in [3.8, 4) is 0 Å². The average molecular weight is 329 g/mol. The standard InChI is InChI=1S/C13H10BrFO2S/c14-11-4-1-3-10(7-11)9-18(16,17)13-6-2-5-12(15)8-13/h1-8H,9H2. The van der Waals surface area contributed by atoms with Crippen LogP contribution in [0, 0.1) is 5.82 Å². The lowest BCUT2D eigenvalue weighted by atomic mass is 10.2. The third-order valence-corrected chi connectivity index (χ3v) is 4.58. The van der Waals surface area contributed by atoms with Crippen molar-refractivity contribution in [2.75, 3.05) is 0 Å². The van der Waals surface area contributed by atoms with Gasteiger partial charge >= 0.3 is 0 Å². The molecule has 0 aliphatic rings. The van der Waals surface area contributed by atoms with Gasteiger partial charge in [0.05, 0.1) is 10.6 Å². The van der Waals surface area contributed by atoms with Crippen molar-refractivity contribution in [2.24, 2.45) is 0 Å². The Balaban J connectivity index is 2.33. The summed E-state index contributed by atoms with van der Waals surface area (Å²) in [6.07, 6.45) is 0. The second-order valence-corrected chi connectivity index (χ2v) is 6.75. The zero-order valence-electron chi connectivity index (χ0n) is 9.31. The minimum absolute atomic E-state index is 0.00229. The molecule has 94 valence electrons. The summed E-state index contributed by atoms with van der Waals surface area (Å²) in [5, 5.41) is 0. The Morgan fingerprint density at radius 1 is 1.06 bits per heavy atom. The first-order valence-electron chi connectivity index (χ1n) is 5.20. The second kappa shape index (κ2) is 5.20. The Kier molecular flexibility index (Phi) is 3.82. The summed E-state index contributed by atoms with van der Waals surface area (Å²) in [7, 11) is -3.51. The fraction of sp³-hybridized carbons (Fsp3) is 0.0769. The number of hydrogen-bond donors (Lipinski definition) is 0. The Morgan fingerprint density at radius 2 is 1.78 bits per heavy atom. The highest BCUT2D eigenvalue weighted by molar-refractivity contribution is 9.10. The van der Waals surface area contributed by atoms with Crippen molar-refractivity contribution >= 4 is 25.8 Å². The molecule has 18 heavy (non-hydrogen) atoms. The highest BCUT2D eigenvalue weighted by Gasteiger charge is 2.15. The molecule has 0 spiro atoms. The molecule has 0 aliphatic heterocycles. The maximum Gasteiger partial charge on any atom is 0.182 e. The van der Waals surface area contributed by atoms with Gasteiger partial charge in [0, 0.05) is 4.47 Å². The first-order valence-corrected chi connectivity index (χ1v) is 7.65. The Hall–Kier alpha value is -1.20. The number of rotatable bonds is 3. The zero-order valence-corrected chi connectivity index (χ0v) is 11.7. The molecular weight excluding hydrogens is 319 g/mol. The van der Waals surface area contributed by atoms with Crippen LogP contribution in [0.5, 0.6) is 0 Å². The maximum absolute atomic E-state index is 13.0.